The van der Waals surface area contributed by atoms with Gasteiger partial charge in [0.2, 0.25) is 0 Å². The Labute approximate surface area is 113 Å². The maximum absolute atomic E-state index is 3.81. The average Bonchev–Trinajstić information content (AvgIpc) is 2.59. The summed E-state index contributed by atoms with van der Waals surface area (Å²) in [6.07, 6.45) is 8.46. The summed E-state index contributed by atoms with van der Waals surface area (Å²) < 4.78 is 0. The SMILES string of the molecule is CC1CC(C)(C)CCC1N1CCC2CCC(C1)N2. The Bertz CT molecular complexity index is 299. The zero-order valence-electron chi connectivity index (χ0n) is 12.4. The Kier molecular flexibility index (Phi) is 3.44. The van der Waals surface area contributed by atoms with Crippen molar-refractivity contribution in [3.63, 3.8) is 0 Å². The average molecular weight is 250 g/mol. The van der Waals surface area contributed by atoms with Crippen LogP contribution in [-0.4, -0.2) is 36.1 Å². The topological polar surface area (TPSA) is 15.3 Å². The van der Waals surface area contributed by atoms with Crippen molar-refractivity contribution in [2.45, 2.75) is 77.4 Å². The Hall–Kier alpha value is -0.0800. The highest BCUT2D eigenvalue weighted by Crippen LogP contribution is 2.41. The van der Waals surface area contributed by atoms with Crippen LogP contribution in [-0.2, 0) is 0 Å². The summed E-state index contributed by atoms with van der Waals surface area (Å²) in [7, 11) is 0. The third kappa shape index (κ3) is 2.60. The monoisotopic (exact) mass is 250 g/mol. The molecule has 18 heavy (non-hydrogen) atoms. The van der Waals surface area contributed by atoms with Gasteiger partial charge in [-0.05, 0) is 56.4 Å². The molecule has 3 rings (SSSR count). The number of likely N-dealkylation sites (tertiary alicyclic amines) is 1. The van der Waals surface area contributed by atoms with E-state index < -0.39 is 0 Å². The minimum absolute atomic E-state index is 0.582. The fraction of sp³-hybridized carbons (Fsp3) is 1.00. The van der Waals surface area contributed by atoms with Gasteiger partial charge in [0.1, 0.15) is 0 Å². The number of rotatable bonds is 1. The van der Waals surface area contributed by atoms with Crippen LogP contribution in [0.3, 0.4) is 0 Å². The number of fused-ring (bicyclic) bond motifs is 2. The standard InChI is InChI=1S/C16H30N2/c1-12-10-16(2,3)8-6-15(12)18-9-7-13-4-5-14(11-18)17-13/h12-15,17H,4-11H2,1-3H3. The van der Waals surface area contributed by atoms with E-state index in [9.17, 15) is 0 Å². The van der Waals surface area contributed by atoms with Gasteiger partial charge < -0.3 is 5.32 Å². The summed E-state index contributed by atoms with van der Waals surface area (Å²) >= 11 is 0. The fourth-order valence-electron chi connectivity index (χ4n) is 4.75. The molecule has 1 saturated carbocycles. The summed E-state index contributed by atoms with van der Waals surface area (Å²) in [5.74, 6) is 0.880. The van der Waals surface area contributed by atoms with Gasteiger partial charge in [-0.2, -0.15) is 0 Å². The Morgan fingerprint density at radius 3 is 2.61 bits per heavy atom. The summed E-state index contributed by atoms with van der Waals surface area (Å²) in [5, 5.41) is 3.81. The molecule has 0 radical (unpaired) electrons. The molecule has 2 aliphatic heterocycles. The van der Waals surface area contributed by atoms with Crippen LogP contribution in [0.1, 0.15) is 59.3 Å². The molecule has 2 bridgehead atoms. The van der Waals surface area contributed by atoms with E-state index >= 15 is 0 Å². The summed E-state index contributed by atoms with van der Waals surface area (Å²) in [6.45, 7) is 10.0. The van der Waals surface area contributed by atoms with Gasteiger partial charge in [-0.25, -0.2) is 0 Å². The van der Waals surface area contributed by atoms with Crippen molar-refractivity contribution in [1.82, 2.24) is 10.2 Å². The van der Waals surface area contributed by atoms with Gasteiger partial charge in [-0.3, -0.25) is 4.90 Å². The maximum atomic E-state index is 3.81. The van der Waals surface area contributed by atoms with Gasteiger partial charge in [-0.1, -0.05) is 20.8 Å². The molecule has 2 saturated heterocycles. The molecular formula is C16H30N2. The van der Waals surface area contributed by atoms with Gasteiger partial charge in [0, 0.05) is 24.7 Å². The van der Waals surface area contributed by atoms with Crippen LogP contribution in [0.4, 0.5) is 0 Å². The number of nitrogens with zero attached hydrogens (tertiary/aromatic N) is 1. The van der Waals surface area contributed by atoms with Crippen LogP contribution >= 0.6 is 0 Å². The second-order valence-corrected chi connectivity index (χ2v) is 7.87. The van der Waals surface area contributed by atoms with E-state index in [1.165, 1.54) is 51.6 Å². The first-order valence-electron chi connectivity index (χ1n) is 8.04. The third-order valence-corrected chi connectivity index (χ3v) is 5.67. The first-order valence-corrected chi connectivity index (χ1v) is 8.04. The molecule has 1 N–H and O–H groups in total. The second-order valence-electron chi connectivity index (χ2n) is 7.87. The van der Waals surface area contributed by atoms with Crippen molar-refractivity contribution >= 4 is 0 Å². The largest absolute Gasteiger partial charge is 0.310 e. The minimum atomic E-state index is 0.582. The molecule has 0 aromatic heterocycles. The number of hydrogen-bond acceptors (Lipinski definition) is 2. The zero-order chi connectivity index (χ0) is 12.8. The summed E-state index contributed by atoms with van der Waals surface area (Å²) in [5.41, 5.74) is 0.582. The molecule has 2 nitrogen and oxygen atoms in total. The van der Waals surface area contributed by atoms with Crippen LogP contribution in [0.5, 0.6) is 0 Å². The van der Waals surface area contributed by atoms with Crippen molar-refractivity contribution in [2.75, 3.05) is 13.1 Å². The normalized spacial score (nSPS) is 44.8. The minimum Gasteiger partial charge on any atom is -0.310 e. The Morgan fingerprint density at radius 1 is 1.06 bits per heavy atom. The smallest absolute Gasteiger partial charge is 0.0198 e. The second kappa shape index (κ2) is 4.79. The molecule has 104 valence electrons. The predicted molar refractivity (Wildman–Crippen MR) is 76.7 cm³/mol. The first kappa shape index (κ1) is 12.9. The lowest BCUT2D eigenvalue weighted by molar-refractivity contribution is 0.0572. The van der Waals surface area contributed by atoms with Crippen molar-refractivity contribution in [1.29, 1.82) is 0 Å². The molecule has 3 fully saturated rings. The molecule has 0 aromatic carbocycles. The van der Waals surface area contributed by atoms with Gasteiger partial charge in [0.05, 0.1) is 0 Å². The Balaban J connectivity index is 1.64. The van der Waals surface area contributed by atoms with E-state index in [2.05, 4.69) is 31.0 Å². The van der Waals surface area contributed by atoms with Gasteiger partial charge in [0.25, 0.3) is 0 Å². The van der Waals surface area contributed by atoms with E-state index in [1.807, 2.05) is 0 Å². The number of hydrogen-bond donors (Lipinski definition) is 1. The van der Waals surface area contributed by atoms with Crippen LogP contribution in [0.2, 0.25) is 0 Å². The molecule has 0 amide bonds. The van der Waals surface area contributed by atoms with Crippen molar-refractivity contribution in [2.24, 2.45) is 11.3 Å². The molecule has 4 atom stereocenters. The molecule has 4 unspecified atom stereocenters. The molecule has 0 spiro atoms. The van der Waals surface area contributed by atoms with Gasteiger partial charge in [-0.15, -0.1) is 0 Å². The fourth-order valence-corrected chi connectivity index (χ4v) is 4.75. The van der Waals surface area contributed by atoms with Crippen LogP contribution in [0.25, 0.3) is 0 Å². The molecule has 2 heteroatoms. The molecular weight excluding hydrogens is 220 g/mol. The van der Waals surface area contributed by atoms with Crippen molar-refractivity contribution < 1.29 is 0 Å². The lowest BCUT2D eigenvalue weighted by atomic mass is 9.70. The molecule has 1 aliphatic carbocycles. The van der Waals surface area contributed by atoms with Gasteiger partial charge >= 0.3 is 0 Å². The Morgan fingerprint density at radius 2 is 1.83 bits per heavy atom. The highest BCUT2D eigenvalue weighted by Gasteiger charge is 2.38. The van der Waals surface area contributed by atoms with Gasteiger partial charge in [0.15, 0.2) is 0 Å². The van der Waals surface area contributed by atoms with E-state index in [4.69, 9.17) is 0 Å². The third-order valence-electron chi connectivity index (χ3n) is 5.67. The van der Waals surface area contributed by atoms with Crippen LogP contribution in [0, 0.1) is 11.3 Å². The number of nitrogens with one attached hydrogen (secondary N) is 1. The van der Waals surface area contributed by atoms with Crippen LogP contribution in [0.15, 0.2) is 0 Å². The summed E-state index contributed by atoms with van der Waals surface area (Å²) in [4.78, 5) is 2.83. The lowest BCUT2D eigenvalue weighted by Gasteiger charge is -2.45. The van der Waals surface area contributed by atoms with E-state index in [0.717, 1.165) is 24.0 Å². The first-order chi connectivity index (χ1) is 8.53. The lowest BCUT2D eigenvalue weighted by Crippen LogP contribution is -2.48. The van der Waals surface area contributed by atoms with E-state index in [1.54, 1.807) is 0 Å². The summed E-state index contributed by atoms with van der Waals surface area (Å²) in [6, 6.07) is 2.48. The predicted octanol–water partition coefficient (Wildman–Crippen LogP) is 3.03. The molecule has 3 aliphatic rings. The highest BCUT2D eigenvalue weighted by molar-refractivity contribution is 4.95. The highest BCUT2D eigenvalue weighted by atomic mass is 15.2. The van der Waals surface area contributed by atoms with Crippen molar-refractivity contribution in [3.8, 4) is 0 Å². The zero-order valence-corrected chi connectivity index (χ0v) is 12.4. The maximum Gasteiger partial charge on any atom is 0.0198 e. The van der Waals surface area contributed by atoms with E-state index in [-0.39, 0.29) is 0 Å². The van der Waals surface area contributed by atoms with Crippen molar-refractivity contribution in [3.05, 3.63) is 0 Å². The molecule has 2 heterocycles. The molecule has 0 aromatic rings. The van der Waals surface area contributed by atoms with Crippen LogP contribution < -0.4 is 5.32 Å². The van der Waals surface area contributed by atoms with E-state index in [0.29, 0.717) is 5.41 Å². The quantitative estimate of drug-likeness (QED) is 0.769.